The van der Waals surface area contributed by atoms with Gasteiger partial charge in [0.1, 0.15) is 5.25 Å². The van der Waals surface area contributed by atoms with Gasteiger partial charge in [-0.25, -0.2) is 0 Å². The summed E-state index contributed by atoms with van der Waals surface area (Å²) < 4.78 is 0. The molecule has 0 aliphatic heterocycles. The molecule has 0 saturated carbocycles. The van der Waals surface area contributed by atoms with Crippen molar-refractivity contribution in [1.82, 2.24) is 4.90 Å². The molecule has 1 aromatic rings. The molecule has 1 atom stereocenters. The molecule has 0 bridgehead atoms. The summed E-state index contributed by atoms with van der Waals surface area (Å²) in [6.45, 7) is 2.40. The number of carbonyl (C=O) groups is 2. The van der Waals surface area contributed by atoms with Gasteiger partial charge in [-0.05, 0) is 17.9 Å². The summed E-state index contributed by atoms with van der Waals surface area (Å²) in [6, 6.07) is 3.93. The molecule has 1 N–H and O–H groups in total. The van der Waals surface area contributed by atoms with Gasteiger partial charge in [0.25, 0.3) is 0 Å². The van der Waals surface area contributed by atoms with Crippen molar-refractivity contribution in [3.8, 4) is 0 Å². The summed E-state index contributed by atoms with van der Waals surface area (Å²) in [4.78, 5) is 25.4. The van der Waals surface area contributed by atoms with E-state index in [1.54, 1.807) is 23.3 Å². The van der Waals surface area contributed by atoms with Crippen LogP contribution in [0.1, 0.15) is 18.2 Å². The molecular formula is C12H17NO3S2. The topological polar surface area (TPSA) is 57.6 Å². The molecule has 0 saturated heterocycles. The first kappa shape index (κ1) is 15.0. The number of nitrogens with zero attached hydrogens (tertiary/aromatic N) is 1. The third-order valence-electron chi connectivity index (χ3n) is 2.45. The minimum atomic E-state index is -0.851. The molecule has 0 spiro atoms. The van der Waals surface area contributed by atoms with E-state index in [9.17, 15) is 9.59 Å². The molecule has 100 valence electrons. The summed E-state index contributed by atoms with van der Waals surface area (Å²) >= 11 is 2.80. The maximum absolute atomic E-state index is 11.8. The molecule has 1 amide bonds. The van der Waals surface area contributed by atoms with Crippen LogP contribution in [-0.2, 0) is 16.1 Å². The highest BCUT2D eigenvalue weighted by molar-refractivity contribution is 8.01. The van der Waals surface area contributed by atoms with Gasteiger partial charge < -0.3 is 10.0 Å². The van der Waals surface area contributed by atoms with Crippen molar-refractivity contribution in [3.63, 3.8) is 0 Å². The van der Waals surface area contributed by atoms with Crippen molar-refractivity contribution in [2.45, 2.75) is 25.1 Å². The van der Waals surface area contributed by atoms with Crippen molar-refractivity contribution in [3.05, 3.63) is 22.4 Å². The van der Waals surface area contributed by atoms with Crippen LogP contribution in [0.15, 0.2) is 17.5 Å². The van der Waals surface area contributed by atoms with Gasteiger partial charge in [0, 0.05) is 11.9 Å². The van der Waals surface area contributed by atoms with Crippen LogP contribution in [0.3, 0.4) is 0 Å². The maximum Gasteiger partial charge on any atom is 0.316 e. The minimum Gasteiger partial charge on any atom is -0.480 e. The number of aliphatic carboxylic acids is 1. The van der Waals surface area contributed by atoms with Crippen molar-refractivity contribution in [1.29, 1.82) is 0 Å². The van der Waals surface area contributed by atoms with E-state index >= 15 is 0 Å². The van der Waals surface area contributed by atoms with Crippen LogP contribution in [0.5, 0.6) is 0 Å². The number of carbonyl (C=O) groups excluding carboxylic acids is 1. The fourth-order valence-corrected chi connectivity index (χ4v) is 3.07. The smallest absolute Gasteiger partial charge is 0.316 e. The first-order valence-corrected chi connectivity index (χ1v) is 7.58. The second kappa shape index (κ2) is 7.43. The standard InChI is InChI=1S/C12H17NO3S2/c1-3-10(12(15)16)18-8-11(14)13(2)7-9-5-4-6-17-9/h4-6,10H,3,7-8H2,1-2H3,(H,15,16). The zero-order valence-corrected chi connectivity index (χ0v) is 12.1. The lowest BCUT2D eigenvalue weighted by Gasteiger charge is -2.17. The lowest BCUT2D eigenvalue weighted by atomic mass is 10.3. The second-order valence-corrected chi connectivity index (χ2v) is 6.10. The first-order valence-electron chi connectivity index (χ1n) is 5.65. The Kier molecular flexibility index (Phi) is 6.21. The van der Waals surface area contributed by atoms with Gasteiger partial charge in [-0.1, -0.05) is 13.0 Å². The molecule has 1 aromatic heterocycles. The van der Waals surface area contributed by atoms with Crippen LogP contribution in [0.25, 0.3) is 0 Å². The minimum absolute atomic E-state index is 0.0342. The van der Waals surface area contributed by atoms with Gasteiger partial charge in [0.15, 0.2) is 0 Å². The van der Waals surface area contributed by atoms with Crippen molar-refractivity contribution in [2.75, 3.05) is 12.8 Å². The largest absolute Gasteiger partial charge is 0.480 e. The number of hydrogen-bond acceptors (Lipinski definition) is 4. The van der Waals surface area contributed by atoms with Gasteiger partial charge in [0.05, 0.1) is 12.3 Å². The Morgan fingerprint density at radius 2 is 2.28 bits per heavy atom. The summed E-state index contributed by atoms with van der Waals surface area (Å²) in [5.74, 6) is -0.670. The lowest BCUT2D eigenvalue weighted by molar-refractivity contribution is -0.136. The zero-order chi connectivity index (χ0) is 13.5. The highest BCUT2D eigenvalue weighted by Crippen LogP contribution is 2.16. The van der Waals surface area contributed by atoms with E-state index in [0.29, 0.717) is 13.0 Å². The van der Waals surface area contributed by atoms with Crippen LogP contribution < -0.4 is 0 Å². The highest BCUT2D eigenvalue weighted by atomic mass is 32.2. The quantitative estimate of drug-likeness (QED) is 0.836. The number of carboxylic acid groups (broad SMARTS) is 1. The average molecular weight is 287 g/mol. The first-order chi connectivity index (χ1) is 8.54. The van der Waals surface area contributed by atoms with E-state index in [1.165, 1.54) is 11.8 Å². The van der Waals surface area contributed by atoms with Crippen LogP contribution in [0, 0.1) is 0 Å². The van der Waals surface area contributed by atoms with Crippen molar-refractivity contribution >= 4 is 35.0 Å². The summed E-state index contributed by atoms with van der Waals surface area (Å²) in [6.07, 6.45) is 0.530. The van der Waals surface area contributed by atoms with Crippen molar-refractivity contribution < 1.29 is 14.7 Å². The van der Waals surface area contributed by atoms with E-state index in [4.69, 9.17) is 5.11 Å². The summed E-state index contributed by atoms with van der Waals surface area (Å²) in [5, 5.41) is 10.4. The van der Waals surface area contributed by atoms with E-state index in [1.807, 2.05) is 24.4 Å². The van der Waals surface area contributed by atoms with Crippen LogP contribution in [0.2, 0.25) is 0 Å². The zero-order valence-electron chi connectivity index (χ0n) is 10.5. The van der Waals surface area contributed by atoms with Gasteiger partial charge in [0.2, 0.25) is 5.91 Å². The fourth-order valence-electron chi connectivity index (χ4n) is 1.37. The Hall–Kier alpha value is -1.01. The molecule has 4 nitrogen and oxygen atoms in total. The van der Waals surface area contributed by atoms with Gasteiger partial charge >= 0.3 is 5.97 Å². The van der Waals surface area contributed by atoms with E-state index in [0.717, 1.165) is 4.88 Å². The molecular weight excluding hydrogens is 270 g/mol. The second-order valence-electron chi connectivity index (χ2n) is 3.88. The summed E-state index contributed by atoms with van der Waals surface area (Å²) in [7, 11) is 1.74. The van der Waals surface area contributed by atoms with E-state index < -0.39 is 11.2 Å². The molecule has 0 aliphatic rings. The normalized spacial score (nSPS) is 12.1. The molecule has 18 heavy (non-hydrogen) atoms. The molecule has 0 radical (unpaired) electrons. The number of carboxylic acids is 1. The number of rotatable bonds is 7. The monoisotopic (exact) mass is 287 g/mol. The predicted octanol–water partition coefficient (Wildman–Crippen LogP) is 2.30. The van der Waals surface area contributed by atoms with Crippen molar-refractivity contribution in [2.24, 2.45) is 0 Å². The Morgan fingerprint density at radius 1 is 1.56 bits per heavy atom. The number of thiophene rings is 1. The number of thioether (sulfide) groups is 1. The Labute approximate surface area is 115 Å². The summed E-state index contributed by atoms with van der Waals surface area (Å²) in [5.41, 5.74) is 0. The third kappa shape index (κ3) is 4.70. The molecule has 1 heterocycles. The molecule has 0 fully saturated rings. The van der Waals surface area contributed by atoms with Gasteiger partial charge in [-0.15, -0.1) is 23.1 Å². The molecule has 6 heteroatoms. The SMILES string of the molecule is CCC(SCC(=O)N(C)Cc1cccs1)C(=O)O. The number of amides is 1. The number of hydrogen-bond donors (Lipinski definition) is 1. The fraction of sp³-hybridized carbons (Fsp3) is 0.500. The molecule has 1 rings (SSSR count). The maximum atomic E-state index is 11.8. The molecule has 0 aliphatic carbocycles. The van der Waals surface area contributed by atoms with Gasteiger partial charge in [-0.2, -0.15) is 0 Å². The van der Waals surface area contributed by atoms with Crippen LogP contribution in [0.4, 0.5) is 0 Å². The Bertz CT molecular complexity index is 392. The lowest BCUT2D eigenvalue weighted by Crippen LogP contribution is -2.29. The Morgan fingerprint density at radius 3 is 2.78 bits per heavy atom. The Balaban J connectivity index is 2.38. The van der Waals surface area contributed by atoms with E-state index in [2.05, 4.69) is 0 Å². The van der Waals surface area contributed by atoms with Crippen LogP contribution >= 0.6 is 23.1 Å². The third-order valence-corrected chi connectivity index (χ3v) is 4.67. The van der Waals surface area contributed by atoms with Crippen LogP contribution in [-0.4, -0.2) is 39.9 Å². The predicted molar refractivity (Wildman–Crippen MR) is 75.0 cm³/mol. The molecule has 1 unspecified atom stereocenters. The molecule has 0 aromatic carbocycles. The van der Waals surface area contributed by atoms with Gasteiger partial charge in [-0.3, -0.25) is 9.59 Å². The highest BCUT2D eigenvalue weighted by Gasteiger charge is 2.18. The van der Waals surface area contributed by atoms with E-state index in [-0.39, 0.29) is 11.7 Å². The average Bonchev–Trinajstić information content (AvgIpc) is 2.81.